The van der Waals surface area contributed by atoms with Crippen molar-refractivity contribution in [3.05, 3.63) is 46.4 Å². The first-order chi connectivity index (χ1) is 9.81. The lowest BCUT2D eigenvalue weighted by atomic mass is 10.2. The molecular formula is C15H18ClN3S. The fourth-order valence-electron chi connectivity index (χ4n) is 2.54. The highest BCUT2D eigenvalue weighted by Gasteiger charge is 2.16. The molecule has 0 saturated carbocycles. The van der Waals surface area contributed by atoms with Gasteiger partial charge in [0.25, 0.3) is 0 Å². The quantitative estimate of drug-likeness (QED) is 0.865. The van der Waals surface area contributed by atoms with Crippen molar-refractivity contribution < 1.29 is 0 Å². The zero-order chi connectivity index (χ0) is 13.8. The summed E-state index contributed by atoms with van der Waals surface area (Å²) in [6, 6.07) is 8.17. The van der Waals surface area contributed by atoms with Gasteiger partial charge in [0.1, 0.15) is 0 Å². The van der Waals surface area contributed by atoms with Crippen LogP contribution in [0.2, 0.25) is 5.02 Å². The summed E-state index contributed by atoms with van der Waals surface area (Å²) in [6.45, 7) is 5.39. The summed E-state index contributed by atoms with van der Waals surface area (Å²) < 4.78 is 0. The number of anilines is 1. The average molecular weight is 308 g/mol. The molecule has 1 aromatic heterocycles. The van der Waals surface area contributed by atoms with Gasteiger partial charge in [-0.25, -0.2) is 4.98 Å². The van der Waals surface area contributed by atoms with Crippen LogP contribution < -0.4 is 4.90 Å². The average Bonchev–Trinajstić information content (AvgIpc) is 2.89. The van der Waals surface area contributed by atoms with Crippen LogP contribution in [-0.2, 0) is 6.54 Å². The topological polar surface area (TPSA) is 19.4 Å². The summed E-state index contributed by atoms with van der Waals surface area (Å²) in [7, 11) is 0. The van der Waals surface area contributed by atoms with E-state index in [1.165, 1.54) is 12.0 Å². The zero-order valence-corrected chi connectivity index (χ0v) is 12.9. The van der Waals surface area contributed by atoms with E-state index in [0.717, 1.165) is 42.9 Å². The third-order valence-corrected chi connectivity index (χ3v) is 4.68. The van der Waals surface area contributed by atoms with Crippen molar-refractivity contribution in [2.24, 2.45) is 0 Å². The van der Waals surface area contributed by atoms with Crippen molar-refractivity contribution in [2.45, 2.75) is 13.0 Å². The van der Waals surface area contributed by atoms with Crippen LogP contribution in [0.3, 0.4) is 0 Å². The van der Waals surface area contributed by atoms with Gasteiger partial charge in [0, 0.05) is 49.3 Å². The molecule has 1 aliphatic heterocycles. The summed E-state index contributed by atoms with van der Waals surface area (Å²) in [5.41, 5.74) is 1.33. The molecule has 0 aliphatic carbocycles. The summed E-state index contributed by atoms with van der Waals surface area (Å²) in [5.74, 6) is 0. The van der Waals surface area contributed by atoms with E-state index >= 15 is 0 Å². The first-order valence-corrected chi connectivity index (χ1v) is 8.18. The Bertz CT molecular complexity index is 527. The smallest absolute Gasteiger partial charge is 0.185 e. The number of hydrogen-bond donors (Lipinski definition) is 0. The van der Waals surface area contributed by atoms with Crippen LogP contribution in [0.1, 0.15) is 12.0 Å². The first kappa shape index (κ1) is 13.9. The van der Waals surface area contributed by atoms with E-state index in [-0.39, 0.29) is 0 Å². The van der Waals surface area contributed by atoms with Crippen LogP contribution in [0, 0.1) is 0 Å². The predicted octanol–water partition coefficient (Wildman–Crippen LogP) is 3.51. The number of aromatic nitrogens is 1. The lowest BCUT2D eigenvalue weighted by Gasteiger charge is -2.21. The molecule has 1 aromatic carbocycles. The number of rotatable bonds is 3. The third-order valence-electron chi connectivity index (χ3n) is 3.60. The Morgan fingerprint density at radius 2 is 1.95 bits per heavy atom. The zero-order valence-electron chi connectivity index (χ0n) is 11.3. The number of benzene rings is 1. The van der Waals surface area contributed by atoms with Crippen molar-refractivity contribution in [3.8, 4) is 0 Å². The summed E-state index contributed by atoms with van der Waals surface area (Å²) in [4.78, 5) is 9.32. The molecule has 2 heterocycles. The molecule has 3 rings (SSSR count). The van der Waals surface area contributed by atoms with E-state index < -0.39 is 0 Å². The van der Waals surface area contributed by atoms with Crippen LogP contribution >= 0.6 is 22.9 Å². The molecule has 20 heavy (non-hydrogen) atoms. The van der Waals surface area contributed by atoms with Gasteiger partial charge in [-0.2, -0.15) is 0 Å². The highest BCUT2D eigenvalue weighted by atomic mass is 35.5. The lowest BCUT2D eigenvalue weighted by molar-refractivity contribution is 0.285. The van der Waals surface area contributed by atoms with Crippen molar-refractivity contribution in [2.75, 3.05) is 31.1 Å². The summed E-state index contributed by atoms with van der Waals surface area (Å²) in [5, 5.41) is 4.00. The molecule has 106 valence electrons. The molecule has 2 aromatic rings. The van der Waals surface area contributed by atoms with Gasteiger partial charge in [-0.1, -0.05) is 23.7 Å². The minimum absolute atomic E-state index is 0.805. The Balaban J connectivity index is 1.58. The molecule has 0 atom stereocenters. The molecular weight excluding hydrogens is 290 g/mol. The van der Waals surface area contributed by atoms with Gasteiger partial charge in [0.15, 0.2) is 5.13 Å². The van der Waals surface area contributed by atoms with Crippen LogP contribution in [0.15, 0.2) is 35.8 Å². The first-order valence-electron chi connectivity index (χ1n) is 6.92. The Morgan fingerprint density at radius 1 is 1.10 bits per heavy atom. The highest BCUT2D eigenvalue weighted by Crippen LogP contribution is 2.20. The molecule has 1 saturated heterocycles. The second-order valence-corrected chi connectivity index (χ2v) is 6.37. The number of thiazole rings is 1. The maximum atomic E-state index is 5.93. The SMILES string of the molecule is Clc1ccc(CN2CCCN(c3nccs3)CC2)cc1. The second-order valence-electron chi connectivity index (χ2n) is 5.06. The van der Waals surface area contributed by atoms with E-state index in [4.69, 9.17) is 11.6 Å². The minimum atomic E-state index is 0.805. The molecule has 5 heteroatoms. The van der Waals surface area contributed by atoms with Crippen LogP contribution in [-0.4, -0.2) is 36.1 Å². The van der Waals surface area contributed by atoms with E-state index in [1.54, 1.807) is 11.3 Å². The molecule has 3 nitrogen and oxygen atoms in total. The van der Waals surface area contributed by atoms with Crippen molar-refractivity contribution in [3.63, 3.8) is 0 Å². The van der Waals surface area contributed by atoms with Gasteiger partial charge in [-0.05, 0) is 24.1 Å². The van der Waals surface area contributed by atoms with E-state index in [0.29, 0.717) is 0 Å². The van der Waals surface area contributed by atoms with Crippen molar-refractivity contribution in [1.29, 1.82) is 0 Å². The van der Waals surface area contributed by atoms with E-state index in [1.807, 2.05) is 23.7 Å². The summed E-state index contributed by atoms with van der Waals surface area (Å²) >= 11 is 7.66. The van der Waals surface area contributed by atoms with Gasteiger partial charge in [-0.15, -0.1) is 11.3 Å². The fourth-order valence-corrected chi connectivity index (χ4v) is 3.36. The molecule has 1 fully saturated rings. The largest absolute Gasteiger partial charge is 0.347 e. The lowest BCUT2D eigenvalue weighted by Crippen LogP contribution is -2.30. The number of halogens is 1. The van der Waals surface area contributed by atoms with Gasteiger partial charge in [0.05, 0.1) is 0 Å². The predicted molar refractivity (Wildman–Crippen MR) is 85.7 cm³/mol. The molecule has 0 amide bonds. The van der Waals surface area contributed by atoms with Crippen LogP contribution in [0.25, 0.3) is 0 Å². The van der Waals surface area contributed by atoms with Crippen molar-refractivity contribution >= 4 is 28.1 Å². The molecule has 0 unspecified atom stereocenters. The number of hydrogen-bond acceptors (Lipinski definition) is 4. The normalized spacial score (nSPS) is 17.1. The van der Waals surface area contributed by atoms with Gasteiger partial charge >= 0.3 is 0 Å². The van der Waals surface area contributed by atoms with Crippen molar-refractivity contribution in [1.82, 2.24) is 9.88 Å². The summed E-state index contributed by atoms with van der Waals surface area (Å²) in [6.07, 6.45) is 3.07. The van der Waals surface area contributed by atoms with Gasteiger partial charge in [-0.3, -0.25) is 4.90 Å². The molecule has 0 bridgehead atoms. The molecule has 0 radical (unpaired) electrons. The minimum Gasteiger partial charge on any atom is -0.347 e. The standard InChI is InChI=1S/C15H18ClN3S/c16-14-4-2-13(3-5-14)12-18-7-1-8-19(10-9-18)15-17-6-11-20-15/h2-6,11H,1,7-10,12H2. The molecule has 1 aliphatic rings. The monoisotopic (exact) mass is 307 g/mol. The Kier molecular flexibility index (Phi) is 4.55. The maximum Gasteiger partial charge on any atom is 0.185 e. The Hall–Kier alpha value is -1.10. The third kappa shape index (κ3) is 3.51. The van der Waals surface area contributed by atoms with Crippen LogP contribution in [0.5, 0.6) is 0 Å². The number of nitrogens with zero attached hydrogens (tertiary/aromatic N) is 3. The molecule has 0 spiro atoms. The second kappa shape index (κ2) is 6.57. The molecule has 0 N–H and O–H groups in total. The Morgan fingerprint density at radius 3 is 2.70 bits per heavy atom. The van der Waals surface area contributed by atoms with Crippen LogP contribution in [0.4, 0.5) is 5.13 Å². The maximum absolute atomic E-state index is 5.93. The highest BCUT2D eigenvalue weighted by molar-refractivity contribution is 7.13. The Labute approximate surface area is 128 Å². The fraction of sp³-hybridized carbons (Fsp3) is 0.400. The van der Waals surface area contributed by atoms with Gasteiger partial charge < -0.3 is 4.90 Å². The van der Waals surface area contributed by atoms with Gasteiger partial charge in [0.2, 0.25) is 0 Å². The van der Waals surface area contributed by atoms with E-state index in [9.17, 15) is 0 Å². The van der Waals surface area contributed by atoms with E-state index in [2.05, 4.69) is 26.9 Å².